The maximum absolute atomic E-state index is 12.2. The van der Waals surface area contributed by atoms with Gasteiger partial charge in [0.05, 0.1) is 13.2 Å². The molecule has 0 aromatic carbocycles. The lowest BCUT2D eigenvalue weighted by Gasteiger charge is -2.46. The Morgan fingerprint density at radius 3 is 2.84 bits per heavy atom. The molecule has 5 heteroatoms. The number of ether oxygens (including phenoxy) is 2. The summed E-state index contributed by atoms with van der Waals surface area (Å²) in [6, 6.07) is 0.0901. The average molecular weight is 270 g/mol. The number of nitrogens with zero attached hydrogens (tertiary/aromatic N) is 1. The number of carbonyl (C=O) groups is 1. The van der Waals surface area contributed by atoms with Gasteiger partial charge in [-0.15, -0.1) is 0 Å². The van der Waals surface area contributed by atoms with Crippen molar-refractivity contribution in [3.63, 3.8) is 0 Å². The summed E-state index contributed by atoms with van der Waals surface area (Å²) in [6.07, 6.45) is 2.80. The van der Waals surface area contributed by atoms with Crippen molar-refractivity contribution in [3.8, 4) is 0 Å². The topological polar surface area (TPSA) is 64.8 Å². The molecule has 0 bridgehead atoms. The maximum Gasteiger partial charge on any atom is 0.410 e. The number of hydrogen-bond acceptors (Lipinski definition) is 4. The molecular formula is C14H26N2O3. The lowest BCUT2D eigenvalue weighted by Crippen LogP contribution is -2.54. The summed E-state index contributed by atoms with van der Waals surface area (Å²) in [4.78, 5) is 14.0. The van der Waals surface area contributed by atoms with Gasteiger partial charge in [-0.05, 0) is 40.0 Å². The Kier molecular flexibility index (Phi) is 4.06. The number of hydrogen-bond donors (Lipinski definition) is 1. The molecule has 0 aliphatic carbocycles. The number of piperidine rings is 1. The molecule has 2 saturated heterocycles. The van der Waals surface area contributed by atoms with E-state index in [4.69, 9.17) is 15.2 Å². The van der Waals surface area contributed by atoms with Gasteiger partial charge in [-0.1, -0.05) is 0 Å². The third-order valence-corrected chi connectivity index (χ3v) is 3.75. The normalized spacial score (nSPS) is 32.4. The molecule has 0 radical (unpaired) electrons. The van der Waals surface area contributed by atoms with Crippen LogP contribution in [0.25, 0.3) is 0 Å². The van der Waals surface area contributed by atoms with Gasteiger partial charge in [0.25, 0.3) is 0 Å². The van der Waals surface area contributed by atoms with Crippen molar-refractivity contribution in [2.24, 2.45) is 11.1 Å². The monoisotopic (exact) mass is 270 g/mol. The summed E-state index contributed by atoms with van der Waals surface area (Å²) >= 11 is 0. The summed E-state index contributed by atoms with van der Waals surface area (Å²) in [5.74, 6) is 0. The van der Waals surface area contributed by atoms with Crippen LogP contribution in [0.3, 0.4) is 0 Å². The van der Waals surface area contributed by atoms with Crippen molar-refractivity contribution in [3.05, 3.63) is 0 Å². The molecule has 2 N–H and O–H groups in total. The highest BCUT2D eigenvalue weighted by Gasteiger charge is 2.41. The van der Waals surface area contributed by atoms with Gasteiger partial charge in [-0.25, -0.2) is 4.79 Å². The molecular weight excluding hydrogens is 244 g/mol. The predicted molar refractivity (Wildman–Crippen MR) is 72.9 cm³/mol. The Hall–Kier alpha value is -0.810. The molecule has 0 saturated carbocycles. The highest BCUT2D eigenvalue weighted by molar-refractivity contribution is 5.68. The number of nitrogens with two attached hydrogens (primary N) is 1. The fraction of sp³-hybridized carbons (Fsp3) is 0.929. The smallest absolute Gasteiger partial charge is 0.410 e. The Balaban J connectivity index is 1.98. The molecule has 2 fully saturated rings. The van der Waals surface area contributed by atoms with Crippen molar-refractivity contribution < 1.29 is 14.3 Å². The van der Waals surface area contributed by atoms with E-state index < -0.39 is 5.60 Å². The number of rotatable bonds is 0. The van der Waals surface area contributed by atoms with Gasteiger partial charge in [0.1, 0.15) is 5.60 Å². The highest BCUT2D eigenvalue weighted by Crippen LogP contribution is 2.37. The molecule has 19 heavy (non-hydrogen) atoms. The minimum absolute atomic E-state index is 0.0345. The van der Waals surface area contributed by atoms with E-state index in [0.717, 1.165) is 25.8 Å². The van der Waals surface area contributed by atoms with E-state index in [0.29, 0.717) is 19.8 Å². The van der Waals surface area contributed by atoms with Crippen LogP contribution < -0.4 is 5.73 Å². The first-order valence-electron chi connectivity index (χ1n) is 7.11. The van der Waals surface area contributed by atoms with Gasteiger partial charge in [0.2, 0.25) is 0 Å². The van der Waals surface area contributed by atoms with E-state index in [1.165, 1.54) is 0 Å². The molecule has 1 spiro atoms. The van der Waals surface area contributed by atoms with E-state index in [1.807, 2.05) is 25.7 Å². The Morgan fingerprint density at radius 2 is 2.21 bits per heavy atom. The van der Waals surface area contributed by atoms with Crippen molar-refractivity contribution in [1.82, 2.24) is 4.90 Å². The zero-order valence-electron chi connectivity index (χ0n) is 12.3. The predicted octanol–water partition coefficient (Wildman–Crippen LogP) is 1.75. The number of amides is 1. The van der Waals surface area contributed by atoms with Crippen molar-refractivity contribution in [1.29, 1.82) is 0 Å². The molecule has 2 atom stereocenters. The molecule has 110 valence electrons. The zero-order valence-corrected chi connectivity index (χ0v) is 12.3. The van der Waals surface area contributed by atoms with Crippen molar-refractivity contribution in [2.45, 2.75) is 51.7 Å². The van der Waals surface area contributed by atoms with E-state index in [9.17, 15) is 4.79 Å². The van der Waals surface area contributed by atoms with Crippen LogP contribution in [0.1, 0.15) is 40.0 Å². The lowest BCUT2D eigenvalue weighted by atomic mass is 9.74. The second-order valence-electron chi connectivity index (χ2n) is 6.98. The molecule has 0 aromatic heterocycles. The van der Waals surface area contributed by atoms with Gasteiger partial charge >= 0.3 is 6.09 Å². The van der Waals surface area contributed by atoms with Crippen LogP contribution in [0.4, 0.5) is 4.79 Å². The van der Waals surface area contributed by atoms with E-state index in [2.05, 4.69) is 0 Å². The highest BCUT2D eigenvalue weighted by atomic mass is 16.6. The molecule has 1 amide bonds. The van der Waals surface area contributed by atoms with E-state index >= 15 is 0 Å². The lowest BCUT2D eigenvalue weighted by molar-refractivity contribution is -0.0616. The molecule has 2 aliphatic rings. The molecule has 2 heterocycles. The Labute approximate surface area is 115 Å². The second kappa shape index (κ2) is 5.29. The van der Waals surface area contributed by atoms with Crippen LogP contribution in [-0.2, 0) is 9.47 Å². The van der Waals surface area contributed by atoms with Crippen LogP contribution in [0.15, 0.2) is 0 Å². The molecule has 2 unspecified atom stereocenters. The summed E-state index contributed by atoms with van der Waals surface area (Å²) in [5, 5.41) is 0. The largest absolute Gasteiger partial charge is 0.444 e. The third kappa shape index (κ3) is 3.83. The minimum Gasteiger partial charge on any atom is -0.444 e. The van der Waals surface area contributed by atoms with Crippen molar-refractivity contribution >= 4 is 6.09 Å². The fourth-order valence-corrected chi connectivity index (χ4v) is 3.08. The van der Waals surface area contributed by atoms with Crippen LogP contribution in [0.2, 0.25) is 0 Å². The average Bonchev–Trinajstić information content (AvgIpc) is 2.26. The third-order valence-electron chi connectivity index (χ3n) is 3.75. The van der Waals surface area contributed by atoms with Crippen molar-refractivity contribution in [2.75, 3.05) is 26.3 Å². The quantitative estimate of drug-likeness (QED) is 0.728. The van der Waals surface area contributed by atoms with E-state index in [-0.39, 0.29) is 17.6 Å². The zero-order chi connectivity index (χ0) is 14.1. The molecule has 5 nitrogen and oxygen atoms in total. The maximum atomic E-state index is 12.2. The Morgan fingerprint density at radius 1 is 1.47 bits per heavy atom. The van der Waals surface area contributed by atoms with Crippen LogP contribution in [-0.4, -0.2) is 48.9 Å². The van der Waals surface area contributed by atoms with Gasteiger partial charge in [-0.2, -0.15) is 0 Å². The number of likely N-dealkylation sites (tertiary alicyclic amines) is 1. The number of carbonyl (C=O) groups excluding carboxylic acids is 1. The van der Waals surface area contributed by atoms with Crippen LogP contribution >= 0.6 is 0 Å². The minimum atomic E-state index is -0.443. The Bertz CT molecular complexity index is 336. The van der Waals surface area contributed by atoms with Gasteiger partial charge in [0.15, 0.2) is 0 Å². The SMILES string of the molecule is CC(C)(C)OC(=O)N1CCCC2(COCC(N)C2)C1. The van der Waals surface area contributed by atoms with Gasteiger partial charge < -0.3 is 20.1 Å². The van der Waals surface area contributed by atoms with Gasteiger partial charge in [0, 0.05) is 24.5 Å². The fourth-order valence-electron chi connectivity index (χ4n) is 3.08. The van der Waals surface area contributed by atoms with Gasteiger partial charge in [-0.3, -0.25) is 0 Å². The summed E-state index contributed by atoms with van der Waals surface area (Å²) < 4.78 is 11.1. The summed E-state index contributed by atoms with van der Waals surface area (Å²) in [5.41, 5.74) is 5.60. The first-order chi connectivity index (χ1) is 8.80. The van der Waals surface area contributed by atoms with Crippen LogP contribution in [0.5, 0.6) is 0 Å². The second-order valence-corrected chi connectivity index (χ2v) is 6.98. The molecule has 2 rings (SSSR count). The standard InChI is InChI=1S/C14H26N2O3/c1-13(2,3)19-12(17)16-6-4-5-14(9-16)7-11(15)8-18-10-14/h11H,4-10,15H2,1-3H3. The molecule has 0 aromatic rings. The first-order valence-corrected chi connectivity index (χ1v) is 7.11. The first kappa shape index (κ1) is 14.6. The van der Waals surface area contributed by atoms with E-state index in [1.54, 1.807) is 0 Å². The van der Waals surface area contributed by atoms with Crippen LogP contribution in [0, 0.1) is 5.41 Å². The summed E-state index contributed by atoms with van der Waals surface area (Å²) in [6.45, 7) is 8.49. The summed E-state index contributed by atoms with van der Waals surface area (Å²) in [7, 11) is 0. The molecule has 2 aliphatic heterocycles.